The third-order valence-electron chi connectivity index (χ3n) is 6.19. The van der Waals surface area contributed by atoms with Crippen LogP contribution < -0.4 is 0 Å². The third-order valence-corrected chi connectivity index (χ3v) is 6.19. The fraction of sp³-hybridized carbons (Fsp3) is 0.611. The second-order valence-electron chi connectivity index (χ2n) is 8.05. The summed E-state index contributed by atoms with van der Waals surface area (Å²) in [5.41, 5.74) is 1.27. The van der Waals surface area contributed by atoms with Crippen LogP contribution in [0.2, 0.25) is 0 Å². The van der Waals surface area contributed by atoms with Crippen LogP contribution in [0.3, 0.4) is 0 Å². The number of hydrogen-bond acceptors (Lipinski definition) is 1. The van der Waals surface area contributed by atoms with Gasteiger partial charge in [0.15, 0.2) is 0 Å². The van der Waals surface area contributed by atoms with Crippen LogP contribution in [-0.4, -0.2) is 11.1 Å². The maximum atomic E-state index is 12.0. The summed E-state index contributed by atoms with van der Waals surface area (Å²) in [6.07, 6.45) is 6.26. The molecule has 4 atom stereocenters. The zero-order chi connectivity index (χ0) is 14.0. The molecule has 0 spiro atoms. The first-order valence-electron chi connectivity index (χ1n) is 7.75. The van der Waals surface area contributed by atoms with Gasteiger partial charge in [-0.15, -0.1) is 0 Å². The number of rotatable bonds is 2. The fourth-order valence-electron chi connectivity index (χ4n) is 6.27. The lowest BCUT2D eigenvalue weighted by Crippen LogP contribution is -2.60. The second-order valence-corrected chi connectivity index (χ2v) is 8.05. The van der Waals surface area contributed by atoms with Gasteiger partial charge in [0, 0.05) is 0 Å². The molecule has 0 heterocycles. The normalized spacial score (nSPS) is 45.5. The molecule has 2 nitrogen and oxygen atoms in total. The summed E-state index contributed by atoms with van der Waals surface area (Å²) in [5.74, 6) is 0.0562. The monoisotopic (exact) mass is 270 g/mol. The van der Waals surface area contributed by atoms with Crippen molar-refractivity contribution >= 4 is 5.97 Å². The van der Waals surface area contributed by atoms with Gasteiger partial charge in [0.25, 0.3) is 0 Å². The van der Waals surface area contributed by atoms with Crippen LogP contribution in [0, 0.1) is 16.7 Å². The highest BCUT2D eigenvalue weighted by Crippen LogP contribution is 2.69. The Labute approximate surface area is 120 Å². The van der Waals surface area contributed by atoms with E-state index in [9.17, 15) is 9.90 Å². The van der Waals surface area contributed by atoms with Crippen LogP contribution in [0.15, 0.2) is 30.3 Å². The molecule has 4 aliphatic carbocycles. The maximum absolute atomic E-state index is 12.0. The Kier molecular flexibility index (Phi) is 2.28. The van der Waals surface area contributed by atoms with Crippen LogP contribution in [-0.2, 0) is 10.2 Å². The summed E-state index contributed by atoms with van der Waals surface area (Å²) < 4.78 is 0. The van der Waals surface area contributed by atoms with Crippen molar-refractivity contribution in [1.82, 2.24) is 0 Å². The molecular weight excluding hydrogens is 248 g/mol. The largest absolute Gasteiger partial charge is 0.481 e. The minimum Gasteiger partial charge on any atom is -0.481 e. The number of aliphatic carboxylic acids is 1. The Morgan fingerprint density at radius 1 is 1.10 bits per heavy atom. The van der Waals surface area contributed by atoms with Gasteiger partial charge in [-0.05, 0) is 60.8 Å². The summed E-state index contributed by atoms with van der Waals surface area (Å²) in [7, 11) is 0. The van der Waals surface area contributed by atoms with E-state index in [1.165, 1.54) is 24.8 Å². The van der Waals surface area contributed by atoms with Gasteiger partial charge in [0.05, 0.1) is 5.41 Å². The van der Waals surface area contributed by atoms with Crippen molar-refractivity contribution in [2.24, 2.45) is 16.7 Å². The summed E-state index contributed by atoms with van der Waals surface area (Å²) in [6, 6.07) is 10.7. The first-order chi connectivity index (χ1) is 9.46. The van der Waals surface area contributed by atoms with Crippen molar-refractivity contribution in [3.8, 4) is 0 Å². The maximum Gasteiger partial charge on any atom is 0.309 e. The lowest BCUT2D eigenvalue weighted by Gasteiger charge is -2.64. The van der Waals surface area contributed by atoms with Crippen molar-refractivity contribution in [3.63, 3.8) is 0 Å². The molecule has 20 heavy (non-hydrogen) atoms. The van der Waals surface area contributed by atoms with Crippen LogP contribution in [0.4, 0.5) is 0 Å². The summed E-state index contributed by atoms with van der Waals surface area (Å²) in [4.78, 5) is 12.0. The molecule has 0 unspecified atom stereocenters. The van der Waals surface area contributed by atoms with Crippen molar-refractivity contribution in [2.75, 3.05) is 0 Å². The molecule has 0 saturated heterocycles. The van der Waals surface area contributed by atoms with Crippen LogP contribution in [0.25, 0.3) is 0 Å². The standard InChI is InChI=1S/C18H22O2/c1-16-7-13-8-17(10-16,14-5-3-2-4-6-14)12-18(9-13,11-16)15(19)20/h2-6,13H,7-12H2,1H3,(H,19,20)/t13-,16+,17+,18-/m0/s1. The lowest BCUT2D eigenvalue weighted by atomic mass is 9.39. The molecule has 0 aliphatic heterocycles. The summed E-state index contributed by atoms with van der Waals surface area (Å²) in [5, 5.41) is 9.85. The minimum absolute atomic E-state index is 0.119. The Hall–Kier alpha value is -1.31. The van der Waals surface area contributed by atoms with Crippen LogP contribution in [0.1, 0.15) is 51.0 Å². The van der Waals surface area contributed by atoms with E-state index in [4.69, 9.17) is 0 Å². The Morgan fingerprint density at radius 2 is 1.85 bits per heavy atom. The van der Waals surface area contributed by atoms with E-state index >= 15 is 0 Å². The van der Waals surface area contributed by atoms with E-state index in [0.717, 1.165) is 19.3 Å². The predicted octanol–water partition coefficient (Wildman–Crippen LogP) is 4.00. The molecular formula is C18H22O2. The molecule has 4 fully saturated rings. The summed E-state index contributed by atoms with van der Waals surface area (Å²) in [6.45, 7) is 2.33. The van der Waals surface area contributed by atoms with Crippen molar-refractivity contribution < 1.29 is 9.90 Å². The Bertz CT molecular complexity index is 566. The van der Waals surface area contributed by atoms with E-state index in [1.54, 1.807) is 0 Å². The molecule has 0 amide bonds. The highest BCUT2D eigenvalue weighted by Gasteiger charge is 2.64. The van der Waals surface area contributed by atoms with E-state index in [2.05, 4.69) is 37.3 Å². The molecule has 4 saturated carbocycles. The van der Waals surface area contributed by atoms with Crippen molar-refractivity contribution in [1.29, 1.82) is 0 Å². The van der Waals surface area contributed by atoms with Gasteiger partial charge in [0.2, 0.25) is 0 Å². The van der Waals surface area contributed by atoms with Gasteiger partial charge in [-0.1, -0.05) is 37.3 Å². The zero-order valence-corrected chi connectivity index (χ0v) is 12.1. The third kappa shape index (κ3) is 1.54. The average Bonchev–Trinajstić information content (AvgIpc) is 2.37. The van der Waals surface area contributed by atoms with Crippen molar-refractivity contribution in [2.45, 2.75) is 50.9 Å². The molecule has 5 rings (SSSR count). The Balaban J connectivity index is 1.85. The topological polar surface area (TPSA) is 37.3 Å². The Morgan fingerprint density at radius 3 is 2.50 bits per heavy atom. The average molecular weight is 270 g/mol. The van der Waals surface area contributed by atoms with E-state index in [0.29, 0.717) is 5.92 Å². The van der Waals surface area contributed by atoms with Gasteiger partial charge >= 0.3 is 5.97 Å². The smallest absolute Gasteiger partial charge is 0.309 e. The molecule has 0 aromatic heterocycles. The van der Waals surface area contributed by atoms with E-state index < -0.39 is 11.4 Å². The zero-order valence-electron chi connectivity index (χ0n) is 12.1. The molecule has 1 N–H and O–H groups in total. The number of carboxylic acid groups (broad SMARTS) is 1. The lowest BCUT2D eigenvalue weighted by molar-refractivity contribution is -0.176. The van der Waals surface area contributed by atoms with E-state index in [-0.39, 0.29) is 10.8 Å². The minimum atomic E-state index is -0.548. The SMILES string of the molecule is C[C@]12C[C@@H]3C[C@](C(=O)O)(C1)C[C@@](c1ccccc1)(C3)C2. The molecule has 1 aromatic carbocycles. The number of benzene rings is 1. The highest BCUT2D eigenvalue weighted by atomic mass is 16.4. The predicted molar refractivity (Wildman–Crippen MR) is 77.5 cm³/mol. The molecule has 4 bridgehead atoms. The van der Waals surface area contributed by atoms with Crippen LogP contribution >= 0.6 is 0 Å². The number of carbonyl (C=O) groups is 1. The molecule has 106 valence electrons. The van der Waals surface area contributed by atoms with Gasteiger partial charge in [0.1, 0.15) is 0 Å². The molecule has 4 aliphatic rings. The highest BCUT2D eigenvalue weighted by molar-refractivity contribution is 5.76. The number of hydrogen-bond donors (Lipinski definition) is 1. The summed E-state index contributed by atoms with van der Waals surface area (Å²) >= 11 is 0. The fourth-order valence-corrected chi connectivity index (χ4v) is 6.27. The van der Waals surface area contributed by atoms with Gasteiger partial charge in [-0.25, -0.2) is 0 Å². The first-order valence-corrected chi connectivity index (χ1v) is 7.75. The quantitative estimate of drug-likeness (QED) is 0.882. The molecule has 1 aromatic rings. The number of carboxylic acids is 1. The van der Waals surface area contributed by atoms with E-state index in [1.807, 2.05) is 0 Å². The van der Waals surface area contributed by atoms with Gasteiger partial charge in [-0.3, -0.25) is 4.79 Å². The molecule has 2 heteroatoms. The first kappa shape index (κ1) is 12.4. The van der Waals surface area contributed by atoms with Crippen LogP contribution in [0.5, 0.6) is 0 Å². The van der Waals surface area contributed by atoms with Crippen molar-refractivity contribution in [3.05, 3.63) is 35.9 Å². The molecule has 0 radical (unpaired) electrons. The van der Waals surface area contributed by atoms with Gasteiger partial charge < -0.3 is 5.11 Å². The van der Waals surface area contributed by atoms with Gasteiger partial charge in [-0.2, -0.15) is 0 Å². The second kappa shape index (κ2) is 3.66.